The van der Waals surface area contributed by atoms with Gasteiger partial charge in [-0.05, 0) is 61.7 Å². The van der Waals surface area contributed by atoms with Crippen molar-refractivity contribution in [3.8, 4) is 17.7 Å². The Balaban J connectivity index is 1.81. The third kappa shape index (κ3) is 4.37. The Labute approximate surface area is 183 Å². The van der Waals surface area contributed by atoms with E-state index in [-0.39, 0.29) is 28.8 Å². The molecule has 0 atom stereocenters. The van der Waals surface area contributed by atoms with Crippen LogP contribution < -0.4 is 15.6 Å². The fourth-order valence-electron chi connectivity index (χ4n) is 3.73. The highest BCUT2D eigenvalue weighted by Crippen LogP contribution is 2.25. The Morgan fingerprint density at radius 3 is 2.69 bits per heavy atom. The number of nitrogens with one attached hydrogen (secondary N) is 1. The van der Waals surface area contributed by atoms with Crippen LogP contribution in [0.3, 0.4) is 0 Å². The highest BCUT2D eigenvalue weighted by Gasteiger charge is 2.21. The zero-order valence-corrected chi connectivity index (χ0v) is 17.5. The van der Waals surface area contributed by atoms with Crippen molar-refractivity contribution >= 4 is 17.6 Å². The van der Waals surface area contributed by atoms with Gasteiger partial charge in [-0.25, -0.2) is 4.39 Å². The third-order valence-corrected chi connectivity index (χ3v) is 5.42. The third-order valence-electron chi connectivity index (χ3n) is 5.42. The number of amides is 1. The van der Waals surface area contributed by atoms with Crippen molar-refractivity contribution in [2.75, 3.05) is 0 Å². The lowest BCUT2D eigenvalue weighted by Crippen LogP contribution is -2.33. The van der Waals surface area contributed by atoms with E-state index in [1.54, 1.807) is 25.3 Å². The van der Waals surface area contributed by atoms with Crippen LogP contribution >= 0.6 is 0 Å². The van der Waals surface area contributed by atoms with Gasteiger partial charge in [0.05, 0.1) is 0 Å². The van der Waals surface area contributed by atoms with E-state index in [4.69, 9.17) is 4.74 Å². The molecule has 0 radical (unpaired) electrons. The van der Waals surface area contributed by atoms with Gasteiger partial charge >= 0.3 is 0 Å². The van der Waals surface area contributed by atoms with Crippen molar-refractivity contribution in [2.24, 2.45) is 0 Å². The number of carbonyl (C=O) groups excluding carboxylic acids is 1. The normalized spacial score (nSPS) is 14.3. The largest absolute Gasteiger partial charge is 0.438 e. The summed E-state index contributed by atoms with van der Waals surface area (Å²) in [5, 5.41) is 12.5. The van der Waals surface area contributed by atoms with Crippen molar-refractivity contribution in [1.29, 1.82) is 5.26 Å². The fourth-order valence-corrected chi connectivity index (χ4v) is 3.73. The molecule has 2 aromatic heterocycles. The summed E-state index contributed by atoms with van der Waals surface area (Å²) in [7, 11) is 0. The molecule has 4 rings (SSSR count). The molecule has 0 bridgehead atoms. The highest BCUT2D eigenvalue weighted by atomic mass is 19.1. The van der Waals surface area contributed by atoms with Crippen molar-refractivity contribution < 1.29 is 13.9 Å². The smallest absolute Gasteiger partial charge is 0.269 e. The molecule has 8 heteroatoms. The molecule has 1 aromatic carbocycles. The van der Waals surface area contributed by atoms with Crippen molar-refractivity contribution in [2.45, 2.75) is 38.6 Å². The number of hydrogen-bond donors (Lipinski definition) is 1. The van der Waals surface area contributed by atoms with Gasteiger partial charge in [0.15, 0.2) is 0 Å². The Bertz CT molecular complexity index is 1300. The molecule has 2 heterocycles. The van der Waals surface area contributed by atoms with Crippen LogP contribution in [0.1, 0.15) is 36.8 Å². The Morgan fingerprint density at radius 2 is 2.00 bits per heavy atom. The van der Waals surface area contributed by atoms with Gasteiger partial charge in [-0.3, -0.25) is 14.0 Å². The van der Waals surface area contributed by atoms with E-state index in [0.717, 1.165) is 31.2 Å². The SMILES string of the molecule is Cc1cccn2c(=O)c(C=C(C#N)C(=O)NC3CCCC3)c(Oc3ccc(F)cc3)nc12. The highest BCUT2D eigenvalue weighted by molar-refractivity contribution is 6.02. The predicted octanol–water partition coefficient (Wildman–Crippen LogP) is 3.90. The van der Waals surface area contributed by atoms with Crippen LogP contribution in [-0.4, -0.2) is 21.3 Å². The molecule has 0 spiro atoms. The molecule has 7 nitrogen and oxygen atoms in total. The van der Waals surface area contributed by atoms with Crippen LogP contribution in [0, 0.1) is 24.1 Å². The van der Waals surface area contributed by atoms with Crippen molar-refractivity contribution in [3.63, 3.8) is 0 Å². The van der Waals surface area contributed by atoms with Crippen LogP contribution in [0.15, 0.2) is 53.0 Å². The molecular weight excluding hydrogens is 411 g/mol. The molecule has 1 aliphatic carbocycles. The number of benzene rings is 1. The zero-order chi connectivity index (χ0) is 22.7. The topological polar surface area (TPSA) is 96.5 Å². The summed E-state index contributed by atoms with van der Waals surface area (Å²) in [4.78, 5) is 30.4. The maximum Gasteiger partial charge on any atom is 0.269 e. The lowest BCUT2D eigenvalue weighted by molar-refractivity contribution is -0.117. The van der Waals surface area contributed by atoms with Crippen LogP contribution in [0.2, 0.25) is 0 Å². The standard InChI is InChI=1S/C24H21FN4O3/c1-15-5-4-12-29-21(15)28-23(32-19-10-8-17(25)9-11-19)20(24(29)31)13-16(14-26)22(30)27-18-6-2-3-7-18/h4-5,8-13,18H,2-3,6-7H2,1H3,(H,27,30). The number of aromatic nitrogens is 2. The lowest BCUT2D eigenvalue weighted by atomic mass is 10.1. The summed E-state index contributed by atoms with van der Waals surface area (Å²) in [5.74, 6) is -0.784. The van der Waals surface area contributed by atoms with Gasteiger partial charge in [-0.15, -0.1) is 0 Å². The number of carbonyl (C=O) groups is 1. The molecule has 1 amide bonds. The van der Waals surface area contributed by atoms with E-state index >= 15 is 0 Å². The van der Waals surface area contributed by atoms with Crippen LogP contribution in [-0.2, 0) is 4.79 Å². The summed E-state index contributed by atoms with van der Waals surface area (Å²) < 4.78 is 20.4. The molecule has 1 N–H and O–H groups in total. The molecule has 1 aliphatic rings. The summed E-state index contributed by atoms with van der Waals surface area (Å²) in [6.07, 6.45) is 6.54. The van der Waals surface area contributed by atoms with Gasteiger partial charge in [-0.1, -0.05) is 18.9 Å². The van der Waals surface area contributed by atoms with Crippen molar-refractivity contribution in [3.05, 3.63) is 75.5 Å². The summed E-state index contributed by atoms with van der Waals surface area (Å²) in [6, 6.07) is 10.7. The van der Waals surface area contributed by atoms with E-state index in [2.05, 4.69) is 10.3 Å². The number of pyridine rings is 1. The molecule has 0 aliphatic heterocycles. The van der Waals surface area contributed by atoms with E-state index in [1.807, 2.05) is 6.07 Å². The number of hydrogen-bond acceptors (Lipinski definition) is 5. The number of halogens is 1. The molecule has 0 unspecified atom stereocenters. The molecule has 0 saturated heterocycles. The molecule has 1 saturated carbocycles. The summed E-state index contributed by atoms with van der Waals surface area (Å²) in [5.41, 5.74) is 0.365. The lowest BCUT2D eigenvalue weighted by Gasteiger charge is -2.13. The fraction of sp³-hybridized carbons (Fsp3) is 0.250. The van der Waals surface area contributed by atoms with Gasteiger partial charge in [-0.2, -0.15) is 10.2 Å². The number of nitrogens with zero attached hydrogens (tertiary/aromatic N) is 3. The van der Waals surface area contributed by atoms with Gasteiger partial charge in [0.2, 0.25) is 5.88 Å². The average Bonchev–Trinajstić information content (AvgIpc) is 3.29. The number of aryl methyl sites for hydroxylation is 1. The first kappa shape index (κ1) is 21.2. The second-order valence-corrected chi connectivity index (χ2v) is 7.70. The van der Waals surface area contributed by atoms with E-state index in [1.165, 1.54) is 34.7 Å². The van der Waals surface area contributed by atoms with E-state index in [9.17, 15) is 19.2 Å². The average molecular weight is 432 g/mol. The second kappa shape index (κ2) is 9.02. The zero-order valence-electron chi connectivity index (χ0n) is 17.5. The maximum absolute atomic E-state index is 13.3. The second-order valence-electron chi connectivity index (χ2n) is 7.70. The number of nitriles is 1. The quantitative estimate of drug-likeness (QED) is 0.487. The van der Waals surface area contributed by atoms with Gasteiger partial charge < -0.3 is 10.1 Å². The molecule has 32 heavy (non-hydrogen) atoms. The minimum atomic E-state index is -0.541. The first-order chi connectivity index (χ1) is 15.5. The first-order valence-electron chi connectivity index (χ1n) is 10.3. The maximum atomic E-state index is 13.3. The van der Waals surface area contributed by atoms with E-state index < -0.39 is 17.3 Å². The monoisotopic (exact) mass is 432 g/mol. The molecule has 162 valence electrons. The Hall–Kier alpha value is -3.99. The number of fused-ring (bicyclic) bond motifs is 1. The van der Waals surface area contributed by atoms with Gasteiger partial charge in [0, 0.05) is 12.2 Å². The van der Waals surface area contributed by atoms with Crippen LogP contribution in [0.5, 0.6) is 11.6 Å². The number of ether oxygens (including phenoxy) is 1. The number of rotatable bonds is 5. The Kier molecular flexibility index (Phi) is 5.99. The Morgan fingerprint density at radius 1 is 1.28 bits per heavy atom. The summed E-state index contributed by atoms with van der Waals surface area (Å²) >= 11 is 0. The minimum Gasteiger partial charge on any atom is -0.438 e. The van der Waals surface area contributed by atoms with Crippen LogP contribution in [0.25, 0.3) is 11.7 Å². The van der Waals surface area contributed by atoms with Crippen LogP contribution in [0.4, 0.5) is 4.39 Å². The van der Waals surface area contributed by atoms with Crippen molar-refractivity contribution in [1.82, 2.24) is 14.7 Å². The first-order valence-corrected chi connectivity index (χ1v) is 10.3. The van der Waals surface area contributed by atoms with Gasteiger partial charge in [0.25, 0.3) is 11.5 Å². The summed E-state index contributed by atoms with van der Waals surface area (Å²) in [6.45, 7) is 1.80. The predicted molar refractivity (Wildman–Crippen MR) is 117 cm³/mol. The molecule has 3 aromatic rings. The van der Waals surface area contributed by atoms with E-state index in [0.29, 0.717) is 5.65 Å². The minimum absolute atomic E-state index is 0.0210. The molecular formula is C24H21FN4O3. The molecule has 1 fully saturated rings. The van der Waals surface area contributed by atoms with Gasteiger partial charge in [0.1, 0.15) is 34.4 Å².